The highest BCUT2D eigenvalue weighted by molar-refractivity contribution is 5.95. The standard InChI is InChI=1S/C26H28F2N8O7/c27-18-10-16(36-14-17(43-26(36)41)12-31-25(40)42-9-8-37)11-19(28)22(18)34-6-4-33(5-7-34)21(38)13-30-23(39)20-15-35-3-1-2-29-24(35)32-20/h1-3,10-11,15,17,37H,4-9,12-14H2,(H,30,39)(H,31,40)/t17-/m0/s1. The maximum atomic E-state index is 15.2. The number of imidazole rings is 1. The zero-order valence-corrected chi connectivity index (χ0v) is 22.7. The molecule has 1 atom stereocenters. The molecule has 0 unspecified atom stereocenters. The molecule has 0 saturated carbocycles. The number of aliphatic hydroxyl groups is 1. The summed E-state index contributed by atoms with van der Waals surface area (Å²) in [4.78, 5) is 61.1. The second-order valence-corrected chi connectivity index (χ2v) is 9.62. The van der Waals surface area contributed by atoms with E-state index in [0.29, 0.717) is 5.78 Å². The van der Waals surface area contributed by atoms with Crippen molar-refractivity contribution in [1.82, 2.24) is 29.9 Å². The maximum absolute atomic E-state index is 15.2. The van der Waals surface area contributed by atoms with E-state index >= 15 is 8.78 Å². The van der Waals surface area contributed by atoms with Crippen molar-refractivity contribution in [3.8, 4) is 0 Å². The molecular weight excluding hydrogens is 574 g/mol. The van der Waals surface area contributed by atoms with Crippen LogP contribution >= 0.6 is 0 Å². The molecule has 5 rings (SSSR count). The van der Waals surface area contributed by atoms with Crippen molar-refractivity contribution in [2.24, 2.45) is 0 Å². The highest BCUT2D eigenvalue weighted by atomic mass is 19.1. The minimum Gasteiger partial charge on any atom is -0.447 e. The first kappa shape index (κ1) is 29.4. The van der Waals surface area contributed by atoms with Gasteiger partial charge in [-0.15, -0.1) is 0 Å². The number of amides is 4. The molecule has 2 saturated heterocycles. The normalized spacial score (nSPS) is 16.8. The molecule has 228 valence electrons. The number of anilines is 2. The number of hydrogen-bond acceptors (Lipinski definition) is 10. The number of ether oxygens (including phenoxy) is 2. The summed E-state index contributed by atoms with van der Waals surface area (Å²) in [5, 5.41) is 13.6. The average molecular weight is 603 g/mol. The van der Waals surface area contributed by atoms with Gasteiger partial charge < -0.3 is 35.0 Å². The van der Waals surface area contributed by atoms with Crippen LogP contribution in [0.25, 0.3) is 5.78 Å². The minimum absolute atomic E-state index is 0.0555. The molecule has 1 aromatic carbocycles. The van der Waals surface area contributed by atoms with E-state index in [1.54, 1.807) is 22.9 Å². The van der Waals surface area contributed by atoms with Crippen molar-refractivity contribution >= 4 is 41.2 Å². The van der Waals surface area contributed by atoms with Gasteiger partial charge in [-0.25, -0.2) is 28.3 Å². The second-order valence-electron chi connectivity index (χ2n) is 9.62. The number of benzene rings is 1. The van der Waals surface area contributed by atoms with Crippen molar-refractivity contribution in [2.75, 3.05) is 68.8 Å². The SMILES string of the molecule is O=C(NC[C@H]1CN(c2cc(F)c(N3CCN(C(=O)CNC(=O)c4cn5cccnc5n4)CC3)c(F)c2)C(=O)O1)OCCO. The van der Waals surface area contributed by atoms with E-state index in [1.807, 2.05) is 0 Å². The molecule has 0 radical (unpaired) electrons. The highest BCUT2D eigenvalue weighted by Crippen LogP contribution is 2.31. The number of aromatic nitrogens is 3. The van der Waals surface area contributed by atoms with Gasteiger partial charge in [0.25, 0.3) is 5.91 Å². The van der Waals surface area contributed by atoms with Gasteiger partial charge in [-0.2, -0.15) is 0 Å². The highest BCUT2D eigenvalue weighted by Gasteiger charge is 2.34. The smallest absolute Gasteiger partial charge is 0.414 e. The lowest BCUT2D eigenvalue weighted by atomic mass is 10.2. The zero-order valence-electron chi connectivity index (χ0n) is 22.7. The first-order valence-corrected chi connectivity index (χ1v) is 13.3. The van der Waals surface area contributed by atoms with E-state index in [2.05, 4.69) is 25.3 Å². The Kier molecular flexibility index (Phi) is 8.79. The fourth-order valence-electron chi connectivity index (χ4n) is 4.71. The third-order valence-electron chi connectivity index (χ3n) is 6.80. The van der Waals surface area contributed by atoms with E-state index in [0.717, 1.165) is 17.0 Å². The van der Waals surface area contributed by atoms with E-state index < -0.39 is 35.8 Å². The average Bonchev–Trinajstić information content (AvgIpc) is 3.61. The summed E-state index contributed by atoms with van der Waals surface area (Å²) in [6, 6.07) is 3.73. The van der Waals surface area contributed by atoms with Crippen LogP contribution in [-0.2, 0) is 14.3 Å². The van der Waals surface area contributed by atoms with Crippen LogP contribution in [0.3, 0.4) is 0 Å². The summed E-state index contributed by atoms with van der Waals surface area (Å²) in [7, 11) is 0. The quantitative estimate of drug-likeness (QED) is 0.306. The molecule has 2 aliphatic heterocycles. The van der Waals surface area contributed by atoms with E-state index in [-0.39, 0.29) is 82.0 Å². The molecule has 2 aliphatic rings. The van der Waals surface area contributed by atoms with Crippen molar-refractivity contribution in [3.63, 3.8) is 0 Å². The Hall–Kier alpha value is -5.06. The number of rotatable bonds is 9. The summed E-state index contributed by atoms with van der Waals surface area (Å²) in [6.07, 6.45) is 2.30. The third-order valence-corrected chi connectivity index (χ3v) is 6.80. The van der Waals surface area contributed by atoms with E-state index in [1.165, 1.54) is 16.0 Å². The van der Waals surface area contributed by atoms with Gasteiger partial charge in [0.15, 0.2) is 11.6 Å². The number of alkyl carbamates (subject to hydrolysis) is 1. The maximum Gasteiger partial charge on any atom is 0.414 e. The Bertz CT molecular complexity index is 1470. The molecule has 2 aromatic heterocycles. The minimum atomic E-state index is -0.897. The first-order chi connectivity index (χ1) is 20.7. The molecular formula is C26H28F2N8O7. The van der Waals surface area contributed by atoms with Gasteiger partial charge in [-0.05, 0) is 6.07 Å². The predicted molar refractivity (Wildman–Crippen MR) is 145 cm³/mol. The van der Waals surface area contributed by atoms with Gasteiger partial charge in [0, 0.05) is 56.9 Å². The second kappa shape index (κ2) is 12.8. The van der Waals surface area contributed by atoms with Crippen LogP contribution in [0, 0.1) is 11.6 Å². The third kappa shape index (κ3) is 6.72. The number of fused-ring (bicyclic) bond motifs is 1. The molecule has 4 heterocycles. The topological polar surface area (TPSA) is 171 Å². The molecule has 43 heavy (non-hydrogen) atoms. The number of nitrogens with one attached hydrogen (secondary N) is 2. The van der Waals surface area contributed by atoms with Crippen LogP contribution in [0.4, 0.5) is 29.7 Å². The number of aliphatic hydroxyl groups excluding tert-OH is 1. The van der Waals surface area contributed by atoms with Crippen LogP contribution in [0.5, 0.6) is 0 Å². The summed E-state index contributed by atoms with van der Waals surface area (Å²) < 4.78 is 41.7. The zero-order chi connectivity index (χ0) is 30.5. The summed E-state index contributed by atoms with van der Waals surface area (Å²) in [5.41, 5.74) is -0.235. The Morgan fingerprint density at radius 1 is 1.12 bits per heavy atom. The molecule has 0 spiro atoms. The first-order valence-electron chi connectivity index (χ1n) is 13.3. The summed E-state index contributed by atoms with van der Waals surface area (Å²) >= 11 is 0. The van der Waals surface area contributed by atoms with Crippen LogP contribution in [0.1, 0.15) is 10.5 Å². The fraction of sp³-hybridized carbons (Fsp3) is 0.385. The Morgan fingerprint density at radius 2 is 1.86 bits per heavy atom. The van der Waals surface area contributed by atoms with Gasteiger partial charge in [0.1, 0.15) is 24.1 Å². The van der Waals surface area contributed by atoms with Crippen LogP contribution in [0.15, 0.2) is 36.8 Å². The Balaban J connectivity index is 1.12. The Labute approximate surface area is 243 Å². The molecule has 0 aliphatic carbocycles. The number of piperazine rings is 1. The van der Waals surface area contributed by atoms with Crippen LogP contribution in [-0.4, -0.2) is 114 Å². The number of carbonyl (C=O) groups is 4. The molecule has 2 fully saturated rings. The van der Waals surface area contributed by atoms with Crippen LogP contribution in [0.2, 0.25) is 0 Å². The van der Waals surface area contributed by atoms with E-state index in [9.17, 15) is 19.2 Å². The van der Waals surface area contributed by atoms with Gasteiger partial charge in [-0.1, -0.05) is 0 Å². The van der Waals surface area contributed by atoms with Gasteiger partial charge in [-0.3, -0.25) is 18.9 Å². The lowest BCUT2D eigenvalue weighted by molar-refractivity contribution is -0.130. The number of cyclic esters (lactones) is 1. The monoisotopic (exact) mass is 602 g/mol. The lowest BCUT2D eigenvalue weighted by Gasteiger charge is -2.36. The predicted octanol–water partition coefficient (Wildman–Crippen LogP) is 0.130. The van der Waals surface area contributed by atoms with Crippen molar-refractivity contribution in [3.05, 3.63) is 54.1 Å². The van der Waals surface area contributed by atoms with Gasteiger partial charge >= 0.3 is 12.2 Å². The summed E-state index contributed by atoms with van der Waals surface area (Å²) in [6.45, 7) is -0.367. The van der Waals surface area contributed by atoms with E-state index in [4.69, 9.17) is 9.84 Å². The molecule has 4 amide bonds. The molecule has 17 heteroatoms. The number of hydrogen-bond donors (Lipinski definition) is 3. The van der Waals surface area contributed by atoms with Crippen molar-refractivity contribution in [2.45, 2.75) is 6.10 Å². The lowest BCUT2D eigenvalue weighted by Crippen LogP contribution is -2.51. The van der Waals surface area contributed by atoms with Crippen LogP contribution < -0.4 is 20.4 Å². The van der Waals surface area contributed by atoms with Crippen molar-refractivity contribution < 1.29 is 42.5 Å². The summed E-state index contributed by atoms with van der Waals surface area (Å²) in [5.74, 6) is -2.34. The largest absolute Gasteiger partial charge is 0.447 e. The van der Waals surface area contributed by atoms with Crippen molar-refractivity contribution in [1.29, 1.82) is 0 Å². The fourth-order valence-corrected chi connectivity index (χ4v) is 4.71. The molecule has 0 bridgehead atoms. The van der Waals surface area contributed by atoms with Gasteiger partial charge in [0.2, 0.25) is 11.7 Å². The number of carbonyl (C=O) groups excluding carboxylic acids is 4. The molecule has 3 N–H and O–H groups in total. The van der Waals surface area contributed by atoms with Gasteiger partial charge in [0.05, 0.1) is 31.9 Å². The molecule has 3 aromatic rings. The number of halogens is 2. The Morgan fingerprint density at radius 3 is 2.56 bits per heavy atom. The number of nitrogens with zero attached hydrogens (tertiary/aromatic N) is 6. The molecule has 15 nitrogen and oxygen atoms in total.